The van der Waals surface area contributed by atoms with Gasteiger partial charge in [-0.1, -0.05) is 0 Å². The third-order valence-corrected chi connectivity index (χ3v) is 2.19. The second-order valence-electron chi connectivity index (χ2n) is 2.98. The van der Waals surface area contributed by atoms with Crippen LogP contribution < -0.4 is 0 Å². The number of ketones is 1. The number of piperidine rings is 1. The van der Waals surface area contributed by atoms with Gasteiger partial charge in [0, 0.05) is 18.3 Å². The lowest BCUT2D eigenvalue weighted by Crippen LogP contribution is -2.26. The van der Waals surface area contributed by atoms with Crippen LogP contribution in [-0.2, 0) is 4.79 Å². The topological polar surface area (TPSA) is 20.3 Å². The maximum Gasteiger partial charge on any atom is 0.176 e. The van der Waals surface area contributed by atoms with Crippen molar-refractivity contribution in [3.63, 3.8) is 0 Å². The summed E-state index contributed by atoms with van der Waals surface area (Å²) >= 11 is 0. The van der Waals surface area contributed by atoms with Gasteiger partial charge in [0.25, 0.3) is 0 Å². The molecule has 0 saturated carbocycles. The average Bonchev–Trinajstić information content (AvgIpc) is 2.27. The van der Waals surface area contributed by atoms with Crippen molar-refractivity contribution in [1.29, 1.82) is 0 Å². The number of carbonyl (C=O) groups excluding carboxylic acids is 1. The summed E-state index contributed by atoms with van der Waals surface area (Å²) in [6, 6.07) is 0. The van der Waals surface area contributed by atoms with Crippen molar-refractivity contribution in [3.8, 4) is 0 Å². The van der Waals surface area contributed by atoms with Gasteiger partial charge in [-0.25, -0.2) is 0 Å². The van der Waals surface area contributed by atoms with E-state index in [1.807, 2.05) is 0 Å². The predicted molar refractivity (Wildman–Crippen MR) is 38.5 cm³/mol. The van der Waals surface area contributed by atoms with Crippen molar-refractivity contribution < 1.29 is 4.79 Å². The average molecular weight is 137 g/mol. The summed E-state index contributed by atoms with van der Waals surface area (Å²) in [6.45, 7) is 1.74. The van der Waals surface area contributed by atoms with E-state index >= 15 is 0 Å². The molecule has 1 saturated heterocycles. The molecule has 0 aromatic rings. The van der Waals surface area contributed by atoms with Crippen molar-refractivity contribution in [2.45, 2.75) is 19.3 Å². The van der Waals surface area contributed by atoms with Crippen molar-refractivity contribution in [1.82, 2.24) is 4.90 Å². The smallest absolute Gasteiger partial charge is 0.176 e. The Morgan fingerprint density at radius 3 is 3.10 bits per heavy atom. The van der Waals surface area contributed by atoms with Crippen molar-refractivity contribution in [3.05, 3.63) is 11.8 Å². The highest BCUT2D eigenvalue weighted by Crippen LogP contribution is 2.23. The second kappa shape index (κ2) is 2.11. The van der Waals surface area contributed by atoms with E-state index in [1.54, 1.807) is 6.08 Å². The number of allylic oxidation sites excluding steroid dienone is 1. The molecule has 0 bridgehead atoms. The zero-order valence-electron chi connectivity index (χ0n) is 5.97. The van der Waals surface area contributed by atoms with Gasteiger partial charge in [0.15, 0.2) is 5.78 Å². The highest BCUT2D eigenvalue weighted by Gasteiger charge is 2.22. The van der Waals surface area contributed by atoms with Crippen molar-refractivity contribution >= 4 is 5.78 Å². The van der Waals surface area contributed by atoms with E-state index in [-0.39, 0.29) is 5.78 Å². The molecule has 0 radical (unpaired) electrons. The van der Waals surface area contributed by atoms with E-state index in [0.717, 1.165) is 13.0 Å². The van der Waals surface area contributed by atoms with E-state index < -0.39 is 0 Å². The summed E-state index contributed by atoms with van der Waals surface area (Å²) in [7, 11) is 0. The highest BCUT2D eigenvalue weighted by molar-refractivity contribution is 5.94. The van der Waals surface area contributed by atoms with Gasteiger partial charge in [-0.15, -0.1) is 0 Å². The van der Waals surface area contributed by atoms with Gasteiger partial charge in [-0.05, 0) is 19.3 Å². The quantitative estimate of drug-likeness (QED) is 0.495. The Bertz CT molecular complexity index is 195. The fourth-order valence-electron chi connectivity index (χ4n) is 1.67. The lowest BCUT2D eigenvalue weighted by atomic mass is 10.1. The lowest BCUT2D eigenvalue weighted by molar-refractivity contribution is -0.114. The highest BCUT2D eigenvalue weighted by atomic mass is 16.1. The molecule has 0 atom stereocenters. The first-order valence-electron chi connectivity index (χ1n) is 3.84. The normalized spacial score (nSPS) is 24.6. The Hall–Kier alpha value is -0.790. The molecule has 0 unspecified atom stereocenters. The standard InChI is InChI=1S/C8H11NO/c10-8-5-7-3-1-2-4-9(7)6-8/h5H,1-4,6H2. The molecule has 0 aliphatic carbocycles. The van der Waals surface area contributed by atoms with Gasteiger partial charge in [-0.2, -0.15) is 0 Å². The number of rotatable bonds is 0. The molecule has 0 aromatic heterocycles. The molecular weight excluding hydrogens is 126 g/mol. The maximum atomic E-state index is 10.9. The zero-order chi connectivity index (χ0) is 6.97. The van der Waals surface area contributed by atoms with Crippen molar-refractivity contribution in [2.24, 2.45) is 0 Å². The fraction of sp³-hybridized carbons (Fsp3) is 0.625. The molecule has 54 valence electrons. The monoisotopic (exact) mass is 137 g/mol. The molecule has 2 aliphatic rings. The molecule has 2 heteroatoms. The van der Waals surface area contributed by atoms with E-state index in [2.05, 4.69) is 4.90 Å². The Morgan fingerprint density at radius 1 is 1.40 bits per heavy atom. The van der Waals surface area contributed by atoms with Crippen molar-refractivity contribution in [2.75, 3.05) is 13.1 Å². The van der Waals surface area contributed by atoms with Crippen LogP contribution in [0, 0.1) is 0 Å². The van der Waals surface area contributed by atoms with Crippen LogP contribution >= 0.6 is 0 Å². The molecule has 0 amide bonds. The summed E-state index contributed by atoms with van der Waals surface area (Å²) < 4.78 is 0. The summed E-state index contributed by atoms with van der Waals surface area (Å²) in [4.78, 5) is 13.1. The molecule has 0 spiro atoms. The maximum absolute atomic E-state index is 10.9. The molecule has 2 nitrogen and oxygen atoms in total. The summed E-state index contributed by atoms with van der Waals surface area (Å²) in [6.07, 6.45) is 5.44. The van der Waals surface area contributed by atoms with Crippen LogP contribution in [0.5, 0.6) is 0 Å². The summed E-state index contributed by atoms with van der Waals surface area (Å²) in [5.41, 5.74) is 1.27. The second-order valence-corrected chi connectivity index (χ2v) is 2.98. The van der Waals surface area contributed by atoms with Crippen LogP contribution in [0.3, 0.4) is 0 Å². The van der Waals surface area contributed by atoms with Gasteiger partial charge < -0.3 is 4.90 Å². The van der Waals surface area contributed by atoms with Crippen LogP contribution in [-0.4, -0.2) is 23.8 Å². The number of carbonyl (C=O) groups is 1. The van der Waals surface area contributed by atoms with E-state index in [9.17, 15) is 4.79 Å². The number of hydrogen-bond acceptors (Lipinski definition) is 2. The molecule has 1 fully saturated rings. The van der Waals surface area contributed by atoms with E-state index in [0.29, 0.717) is 6.54 Å². The van der Waals surface area contributed by atoms with Gasteiger partial charge in [0.05, 0.1) is 6.54 Å². The van der Waals surface area contributed by atoms with Gasteiger partial charge in [0.2, 0.25) is 0 Å². The first kappa shape index (κ1) is 5.96. The largest absolute Gasteiger partial charge is 0.367 e. The van der Waals surface area contributed by atoms with E-state index in [1.165, 1.54) is 18.5 Å². The van der Waals surface area contributed by atoms with Gasteiger partial charge in [-0.3, -0.25) is 4.79 Å². The van der Waals surface area contributed by atoms with Gasteiger partial charge >= 0.3 is 0 Å². The first-order valence-corrected chi connectivity index (χ1v) is 3.84. The van der Waals surface area contributed by atoms with Crippen LogP contribution in [0.15, 0.2) is 11.8 Å². The van der Waals surface area contributed by atoms with Crippen LogP contribution in [0.2, 0.25) is 0 Å². The first-order chi connectivity index (χ1) is 4.86. The van der Waals surface area contributed by atoms with Crippen LogP contribution in [0.4, 0.5) is 0 Å². The number of hydrogen-bond donors (Lipinski definition) is 0. The molecule has 2 aliphatic heterocycles. The Kier molecular flexibility index (Phi) is 1.26. The minimum Gasteiger partial charge on any atom is -0.367 e. The number of nitrogens with zero attached hydrogens (tertiary/aromatic N) is 1. The fourth-order valence-corrected chi connectivity index (χ4v) is 1.67. The number of fused-ring (bicyclic) bond motifs is 1. The van der Waals surface area contributed by atoms with Crippen LogP contribution in [0.25, 0.3) is 0 Å². The van der Waals surface area contributed by atoms with Crippen LogP contribution in [0.1, 0.15) is 19.3 Å². The Balaban J connectivity index is 2.17. The molecule has 0 aromatic carbocycles. The summed E-state index contributed by atoms with van der Waals surface area (Å²) in [5.74, 6) is 0.289. The summed E-state index contributed by atoms with van der Waals surface area (Å²) in [5, 5.41) is 0. The molecule has 0 N–H and O–H groups in total. The minimum absolute atomic E-state index is 0.289. The molecular formula is C8H11NO. The predicted octanol–water partition coefficient (Wildman–Crippen LogP) is 0.939. The Labute approximate surface area is 60.5 Å². The van der Waals surface area contributed by atoms with E-state index in [4.69, 9.17) is 0 Å². The lowest BCUT2D eigenvalue weighted by Gasteiger charge is -2.25. The minimum atomic E-state index is 0.289. The molecule has 2 rings (SSSR count). The molecule has 10 heavy (non-hydrogen) atoms. The Morgan fingerprint density at radius 2 is 2.30 bits per heavy atom. The third-order valence-electron chi connectivity index (χ3n) is 2.19. The SMILES string of the molecule is O=C1C=C2CCCCN2C1. The zero-order valence-corrected chi connectivity index (χ0v) is 5.97. The van der Waals surface area contributed by atoms with Gasteiger partial charge in [0.1, 0.15) is 0 Å². The molecule has 2 heterocycles. The third kappa shape index (κ3) is 0.838.